The van der Waals surface area contributed by atoms with E-state index in [2.05, 4.69) is 4.72 Å². The lowest BCUT2D eigenvalue weighted by atomic mass is 9.92. The standard InChI is InChI=1S/C12H16N2O4S/c1-8-9-4-3-5-11(13-19(2,17)18)10(9)6-7-14(8)12(15)16/h3-5,8,13H,6-7H2,1-2H3,(H,15,16)/t8-/m0/s1. The lowest BCUT2D eigenvalue weighted by molar-refractivity contribution is 0.124. The van der Waals surface area contributed by atoms with Gasteiger partial charge < -0.3 is 10.0 Å². The van der Waals surface area contributed by atoms with E-state index in [9.17, 15) is 13.2 Å². The minimum Gasteiger partial charge on any atom is -0.465 e. The van der Waals surface area contributed by atoms with Crippen molar-refractivity contribution in [3.05, 3.63) is 29.3 Å². The van der Waals surface area contributed by atoms with Crippen LogP contribution in [0.4, 0.5) is 10.5 Å². The molecule has 19 heavy (non-hydrogen) atoms. The van der Waals surface area contributed by atoms with E-state index in [1.54, 1.807) is 19.1 Å². The fraction of sp³-hybridized carbons (Fsp3) is 0.417. The zero-order valence-corrected chi connectivity index (χ0v) is 11.6. The number of benzene rings is 1. The first kappa shape index (κ1) is 13.7. The fourth-order valence-corrected chi connectivity index (χ4v) is 3.02. The van der Waals surface area contributed by atoms with Crippen LogP contribution in [0.3, 0.4) is 0 Å². The Morgan fingerprint density at radius 1 is 1.47 bits per heavy atom. The van der Waals surface area contributed by atoms with Gasteiger partial charge in [0.15, 0.2) is 0 Å². The van der Waals surface area contributed by atoms with Gasteiger partial charge in [0.1, 0.15) is 0 Å². The summed E-state index contributed by atoms with van der Waals surface area (Å²) in [5.74, 6) is 0. The summed E-state index contributed by atoms with van der Waals surface area (Å²) in [5.41, 5.74) is 2.26. The number of amides is 1. The van der Waals surface area contributed by atoms with Crippen LogP contribution in [0.2, 0.25) is 0 Å². The largest absolute Gasteiger partial charge is 0.465 e. The van der Waals surface area contributed by atoms with Crippen LogP contribution < -0.4 is 4.72 Å². The molecular formula is C12H16N2O4S. The highest BCUT2D eigenvalue weighted by Crippen LogP contribution is 2.33. The molecule has 0 aliphatic carbocycles. The lowest BCUT2D eigenvalue weighted by Crippen LogP contribution is -2.38. The smallest absolute Gasteiger partial charge is 0.407 e. The molecule has 7 heteroatoms. The van der Waals surface area contributed by atoms with Crippen LogP contribution in [0.15, 0.2) is 18.2 Å². The highest BCUT2D eigenvalue weighted by atomic mass is 32.2. The Bertz CT molecular complexity index is 612. The van der Waals surface area contributed by atoms with Crippen LogP contribution in [0.5, 0.6) is 0 Å². The molecule has 2 N–H and O–H groups in total. The monoisotopic (exact) mass is 284 g/mol. The van der Waals surface area contributed by atoms with Crippen molar-refractivity contribution in [2.75, 3.05) is 17.5 Å². The van der Waals surface area contributed by atoms with Crippen molar-refractivity contribution in [2.45, 2.75) is 19.4 Å². The summed E-state index contributed by atoms with van der Waals surface area (Å²) in [7, 11) is -3.34. The second-order valence-corrected chi connectivity index (χ2v) is 6.40. The SMILES string of the molecule is C[C@H]1c2cccc(NS(C)(=O)=O)c2CCN1C(=O)O. The maximum absolute atomic E-state index is 11.3. The van der Waals surface area contributed by atoms with E-state index in [1.807, 2.05) is 6.07 Å². The van der Waals surface area contributed by atoms with Crippen LogP contribution in [0, 0.1) is 0 Å². The number of nitrogens with zero attached hydrogens (tertiary/aromatic N) is 1. The number of hydrogen-bond donors (Lipinski definition) is 2. The molecule has 1 amide bonds. The van der Waals surface area contributed by atoms with Gasteiger partial charge in [-0.1, -0.05) is 12.1 Å². The molecule has 0 saturated carbocycles. The van der Waals surface area contributed by atoms with Crippen LogP contribution in [0.25, 0.3) is 0 Å². The molecule has 0 radical (unpaired) electrons. The normalized spacial score (nSPS) is 18.8. The number of rotatable bonds is 2. The molecule has 6 nitrogen and oxygen atoms in total. The molecule has 0 bridgehead atoms. The molecule has 0 unspecified atom stereocenters. The molecule has 0 fully saturated rings. The summed E-state index contributed by atoms with van der Waals surface area (Å²) in [5, 5.41) is 9.10. The Kier molecular flexibility index (Phi) is 3.40. The molecule has 2 rings (SSSR count). The van der Waals surface area contributed by atoms with E-state index in [1.165, 1.54) is 4.90 Å². The molecule has 0 spiro atoms. The number of carbonyl (C=O) groups is 1. The summed E-state index contributed by atoms with van der Waals surface area (Å²) in [6, 6.07) is 4.99. The van der Waals surface area contributed by atoms with Gasteiger partial charge in [-0.25, -0.2) is 13.2 Å². The lowest BCUT2D eigenvalue weighted by Gasteiger charge is -2.34. The number of nitrogens with one attached hydrogen (secondary N) is 1. The maximum Gasteiger partial charge on any atom is 0.407 e. The summed E-state index contributed by atoms with van der Waals surface area (Å²) < 4.78 is 25.1. The fourth-order valence-electron chi connectivity index (χ4n) is 2.43. The summed E-state index contributed by atoms with van der Waals surface area (Å²) in [6.45, 7) is 2.17. The van der Waals surface area contributed by atoms with Crippen molar-refractivity contribution in [1.29, 1.82) is 0 Å². The van der Waals surface area contributed by atoms with Crippen molar-refractivity contribution in [3.8, 4) is 0 Å². The van der Waals surface area contributed by atoms with E-state index in [4.69, 9.17) is 5.11 Å². The van der Waals surface area contributed by atoms with Crippen molar-refractivity contribution in [1.82, 2.24) is 4.90 Å². The Balaban J connectivity index is 2.42. The minimum absolute atomic E-state index is 0.275. The third-order valence-corrected chi connectivity index (χ3v) is 3.86. The van der Waals surface area contributed by atoms with Gasteiger partial charge >= 0.3 is 6.09 Å². The minimum atomic E-state index is -3.34. The molecule has 1 aliphatic rings. The molecule has 0 aromatic heterocycles. The molecular weight excluding hydrogens is 268 g/mol. The second kappa shape index (κ2) is 4.73. The van der Waals surface area contributed by atoms with Gasteiger partial charge in [0.05, 0.1) is 18.0 Å². The van der Waals surface area contributed by atoms with E-state index in [0.717, 1.165) is 17.4 Å². The molecule has 1 aliphatic heterocycles. The zero-order chi connectivity index (χ0) is 14.2. The van der Waals surface area contributed by atoms with Gasteiger partial charge in [-0.3, -0.25) is 4.72 Å². The highest BCUT2D eigenvalue weighted by molar-refractivity contribution is 7.92. The number of fused-ring (bicyclic) bond motifs is 1. The molecule has 104 valence electrons. The first-order chi connectivity index (χ1) is 8.79. The molecule has 1 aromatic carbocycles. The summed E-state index contributed by atoms with van der Waals surface area (Å²) >= 11 is 0. The number of hydrogen-bond acceptors (Lipinski definition) is 3. The number of sulfonamides is 1. The topological polar surface area (TPSA) is 86.7 Å². The maximum atomic E-state index is 11.3. The van der Waals surface area contributed by atoms with Gasteiger partial charge in [-0.15, -0.1) is 0 Å². The average Bonchev–Trinajstić information content (AvgIpc) is 2.28. The first-order valence-electron chi connectivity index (χ1n) is 5.89. The van der Waals surface area contributed by atoms with Crippen molar-refractivity contribution in [2.24, 2.45) is 0 Å². The quantitative estimate of drug-likeness (QED) is 0.864. The Morgan fingerprint density at radius 2 is 2.16 bits per heavy atom. The van der Waals surface area contributed by atoms with Crippen molar-refractivity contribution < 1.29 is 18.3 Å². The first-order valence-corrected chi connectivity index (χ1v) is 7.78. The number of carboxylic acid groups (broad SMARTS) is 1. The summed E-state index contributed by atoms with van der Waals surface area (Å²) in [6.07, 6.45) is 0.645. The molecule has 0 saturated heterocycles. The van der Waals surface area contributed by atoms with Crippen molar-refractivity contribution in [3.63, 3.8) is 0 Å². The molecule has 1 aromatic rings. The van der Waals surface area contributed by atoms with E-state index in [-0.39, 0.29) is 6.04 Å². The van der Waals surface area contributed by atoms with Crippen molar-refractivity contribution >= 4 is 21.8 Å². The van der Waals surface area contributed by atoms with Crippen LogP contribution in [0.1, 0.15) is 24.1 Å². The van der Waals surface area contributed by atoms with Crippen LogP contribution in [-0.4, -0.2) is 37.3 Å². The van der Waals surface area contributed by atoms with E-state index < -0.39 is 16.1 Å². The average molecular weight is 284 g/mol. The predicted molar refractivity (Wildman–Crippen MR) is 71.8 cm³/mol. The second-order valence-electron chi connectivity index (χ2n) is 4.65. The third-order valence-electron chi connectivity index (χ3n) is 3.27. The van der Waals surface area contributed by atoms with Crippen LogP contribution in [-0.2, 0) is 16.4 Å². The van der Waals surface area contributed by atoms with Gasteiger partial charge in [-0.05, 0) is 30.5 Å². The highest BCUT2D eigenvalue weighted by Gasteiger charge is 2.28. The van der Waals surface area contributed by atoms with E-state index in [0.29, 0.717) is 18.7 Å². The third kappa shape index (κ3) is 2.81. The summed E-state index contributed by atoms with van der Waals surface area (Å²) in [4.78, 5) is 12.5. The Labute approximate surface area is 112 Å². The van der Waals surface area contributed by atoms with Gasteiger partial charge in [0.2, 0.25) is 10.0 Å². The Hall–Kier alpha value is -1.76. The zero-order valence-electron chi connectivity index (χ0n) is 10.8. The molecule has 1 heterocycles. The predicted octanol–water partition coefficient (Wildman–Crippen LogP) is 1.66. The molecule has 1 atom stereocenters. The Morgan fingerprint density at radius 3 is 2.74 bits per heavy atom. The van der Waals surface area contributed by atoms with Gasteiger partial charge in [-0.2, -0.15) is 0 Å². The van der Waals surface area contributed by atoms with Gasteiger partial charge in [0, 0.05) is 6.54 Å². The van der Waals surface area contributed by atoms with Gasteiger partial charge in [0.25, 0.3) is 0 Å². The number of anilines is 1. The van der Waals surface area contributed by atoms with Crippen LogP contribution >= 0.6 is 0 Å². The van der Waals surface area contributed by atoms with E-state index >= 15 is 0 Å².